The van der Waals surface area contributed by atoms with Gasteiger partial charge in [-0.15, -0.1) is 0 Å². The van der Waals surface area contributed by atoms with E-state index in [1.165, 1.54) is 25.7 Å². The quantitative estimate of drug-likeness (QED) is 0.838. The van der Waals surface area contributed by atoms with E-state index < -0.39 is 0 Å². The minimum Gasteiger partial charge on any atom is -0.354 e. The SMILES string of the molecule is O=C(NCC1CC1)C(C1CCCC1)N1CCN(C(=O)c2ccccc2)CC1. The number of nitrogens with one attached hydrogen (secondary N) is 1. The van der Waals surface area contributed by atoms with E-state index in [4.69, 9.17) is 0 Å². The van der Waals surface area contributed by atoms with Crippen LogP contribution in [-0.2, 0) is 4.79 Å². The summed E-state index contributed by atoms with van der Waals surface area (Å²) in [5.41, 5.74) is 0.750. The van der Waals surface area contributed by atoms with E-state index in [9.17, 15) is 9.59 Å². The standard InChI is InChI=1S/C22H31N3O2/c26-21(23-16-17-10-11-17)20(18-6-4-5-7-18)24-12-14-25(15-13-24)22(27)19-8-2-1-3-9-19/h1-3,8-9,17-18,20H,4-7,10-16H2,(H,23,26). The van der Waals surface area contributed by atoms with E-state index in [0.29, 0.717) is 24.9 Å². The molecule has 3 aliphatic rings. The van der Waals surface area contributed by atoms with Crippen LogP contribution in [0, 0.1) is 11.8 Å². The molecule has 1 N–H and O–H groups in total. The minimum atomic E-state index is -0.0137. The van der Waals surface area contributed by atoms with Crippen molar-refractivity contribution in [3.63, 3.8) is 0 Å². The molecule has 1 saturated heterocycles. The second-order valence-corrected chi connectivity index (χ2v) is 8.37. The lowest BCUT2D eigenvalue weighted by Crippen LogP contribution is -2.58. The van der Waals surface area contributed by atoms with Crippen molar-refractivity contribution in [3.8, 4) is 0 Å². The highest BCUT2D eigenvalue weighted by molar-refractivity contribution is 5.94. The molecule has 2 saturated carbocycles. The van der Waals surface area contributed by atoms with Crippen LogP contribution in [0.4, 0.5) is 0 Å². The normalized spacial score (nSPS) is 22.6. The number of nitrogens with zero attached hydrogens (tertiary/aromatic N) is 2. The molecule has 3 fully saturated rings. The lowest BCUT2D eigenvalue weighted by Gasteiger charge is -2.40. The second kappa shape index (κ2) is 8.42. The van der Waals surface area contributed by atoms with Gasteiger partial charge in [0.25, 0.3) is 5.91 Å². The van der Waals surface area contributed by atoms with Crippen LogP contribution < -0.4 is 5.32 Å². The van der Waals surface area contributed by atoms with E-state index in [1.54, 1.807) is 0 Å². The van der Waals surface area contributed by atoms with Gasteiger partial charge in [0.15, 0.2) is 0 Å². The molecule has 1 aliphatic heterocycles. The van der Waals surface area contributed by atoms with Crippen LogP contribution in [0.5, 0.6) is 0 Å². The lowest BCUT2D eigenvalue weighted by molar-refractivity contribution is -0.129. The zero-order chi connectivity index (χ0) is 18.6. The summed E-state index contributed by atoms with van der Waals surface area (Å²) in [4.78, 5) is 29.9. The average molecular weight is 370 g/mol. The van der Waals surface area contributed by atoms with Gasteiger partial charge >= 0.3 is 0 Å². The molecule has 2 amide bonds. The molecule has 2 aliphatic carbocycles. The second-order valence-electron chi connectivity index (χ2n) is 8.37. The highest BCUT2D eigenvalue weighted by Crippen LogP contribution is 2.32. The van der Waals surface area contributed by atoms with Gasteiger partial charge in [0.2, 0.25) is 5.91 Å². The summed E-state index contributed by atoms with van der Waals surface area (Å²) in [6, 6.07) is 9.48. The Morgan fingerprint density at radius 3 is 2.26 bits per heavy atom. The first-order valence-corrected chi connectivity index (χ1v) is 10.6. The van der Waals surface area contributed by atoms with E-state index in [1.807, 2.05) is 35.2 Å². The fourth-order valence-electron chi connectivity index (χ4n) is 4.59. The smallest absolute Gasteiger partial charge is 0.253 e. The topological polar surface area (TPSA) is 52.7 Å². The predicted molar refractivity (Wildman–Crippen MR) is 105 cm³/mol. The molecule has 1 aromatic carbocycles. The maximum Gasteiger partial charge on any atom is 0.253 e. The Kier molecular flexibility index (Phi) is 5.77. The molecule has 5 heteroatoms. The van der Waals surface area contributed by atoms with Gasteiger partial charge in [-0.25, -0.2) is 0 Å². The Labute approximate surface area is 162 Å². The molecule has 1 aromatic rings. The van der Waals surface area contributed by atoms with Crippen molar-refractivity contribution < 1.29 is 9.59 Å². The van der Waals surface area contributed by atoms with E-state index >= 15 is 0 Å². The van der Waals surface area contributed by atoms with Gasteiger partial charge in [0.1, 0.15) is 0 Å². The van der Waals surface area contributed by atoms with Crippen molar-refractivity contribution in [1.29, 1.82) is 0 Å². The molecule has 1 unspecified atom stereocenters. The Hall–Kier alpha value is -1.88. The summed E-state index contributed by atoms with van der Waals surface area (Å²) >= 11 is 0. The molecular formula is C22H31N3O2. The van der Waals surface area contributed by atoms with Crippen LogP contribution in [-0.4, -0.2) is 60.4 Å². The van der Waals surface area contributed by atoms with Crippen LogP contribution in [0.2, 0.25) is 0 Å². The van der Waals surface area contributed by atoms with Crippen molar-refractivity contribution in [3.05, 3.63) is 35.9 Å². The van der Waals surface area contributed by atoms with Crippen molar-refractivity contribution in [2.45, 2.75) is 44.6 Å². The minimum absolute atomic E-state index is 0.0137. The monoisotopic (exact) mass is 369 g/mol. The molecule has 0 radical (unpaired) electrons. The lowest BCUT2D eigenvalue weighted by atomic mass is 9.95. The third-order valence-corrected chi connectivity index (χ3v) is 6.39. The number of rotatable bonds is 6. The third-order valence-electron chi connectivity index (χ3n) is 6.39. The third kappa shape index (κ3) is 4.52. The van der Waals surface area contributed by atoms with Gasteiger partial charge < -0.3 is 10.2 Å². The maximum absolute atomic E-state index is 13.0. The van der Waals surface area contributed by atoms with Crippen LogP contribution in [0.15, 0.2) is 30.3 Å². The summed E-state index contributed by atoms with van der Waals surface area (Å²) in [7, 11) is 0. The number of carbonyl (C=O) groups excluding carboxylic acids is 2. The van der Waals surface area contributed by atoms with Gasteiger partial charge in [-0.3, -0.25) is 14.5 Å². The first-order valence-electron chi connectivity index (χ1n) is 10.6. The molecule has 5 nitrogen and oxygen atoms in total. The number of hydrogen-bond acceptors (Lipinski definition) is 3. The van der Waals surface area contributed by atoms with Gasteiger partial charge in [-0.1, -0.05) is 31.0 Å². The number of benzene rings is 1. The molecule has 0 spiro atoms. The van der Waals surface area contributed by atoms with Crippen LogP contribution in [0.1, 0.15) is 48.9 Å². The fourth-order valence-corrected chi connectivity index (χ4v) is 4.59. The van der Waals surface area contributed by atoms with Crippen molar-refractivity contribution >= 4 is 11.8 Å². The Morgan fingerprint density at radius 1 is 0.963 bits per heavy atom. The summed E-state index contributed by atoms with van der Waals surface area (Å²) in [6.45, 7) is 3.82. The average Bonchev–Trinajstić information content (AvgIpc) is 3.40. The van der Waals surface area contributed by atoms with Crippen LogP contribution in [0.25, 0.3) is 0 Å². The van der Waals surface area contributed by atoms with Crippen molar-refractivity contribution in [2.75, 3.05) is 32.7 Å². The molecule has 146 valence electrons. The summed E-state index contributed by atoms with van der Waals surface area (Å²) in [5, 5.41) is 3.22. The van der Waals surface area contributed by atoms with Crippen LogP contribution in [0.3, 0.4) is 0 Å². The maximum atomic E-state index is 13.0. The summed E-state index contributed by atoms with van der Waals surface area (Å²) in [6.07, 6.45) is 7.31. The largest absolute Gasteiger partial charge is 0.354 e. The molecule has 1 atom stereocenters. The summed E-state index contributed by atoms with van der Waals surface area (Å²) < 4.78 is 0. The van der Waals surface area contributed by atoms with Gasteiger partial charge in [-0.2, -0.15) is 0 Å². The van der Waals surface area contributed by atoms with Gasteiger partial charge in [0, 0.05) is 38.3 Å². The van der Waals surface area contributed by atoms with E-state index in [0.717, 1.165) is 38.0 Å². The predicted octanol–water partition coefficient (Wildman–Crippen LogP) is 2.53. The van der Waals surface area contributed by atoms with Crippen molar-refractivity contribution in [1.82, 2.24) is 15.1 Å². The van der Waals surface area contributed by atoms with E-state index in [-0.39, 0.29) is 17.9 Å². The molecule has 4 rings (SSSR count). The molecule has 0 bridgehead atoms. The Balaban J connectivity index is 1.37. The Bertz CT molecular complexity index is 645. The zero-order valence-corrected chi connectivity index (χ0v) is 16.1. The van der Waals surface area contributed by atoms with Crippen LogP contribution >= 0.6 is 0 Å². The first kappa shape index (κ1) is 18.5. The van der Waals surface area contributed by atoms with Gasteiger partial charge in [0.05, 0.1) is 6.04 Å². The Morgan fingerprint density at radius 2 is 1.63 bits per heavy atom. The first-order chi connectivity index (χ1) is 13.2. The highest BCUT2D eigenvalue weighted by Gasteiger charge is 2.37. The zero-order valence-electron chi connectivity index (χ0n) is 16.1. The number of hydrogen-bond donors (Lipinski definition) is 1. The fraction of sp³-hybridized carbons (Fsp3) is 0.636. The van der Waals surface area contributed by atoms with Crippen molar-refractivity contribution in [2.24, 2.45) is 11.8 Å². The number of carbonyl (C=O) groups is 2. The summed E-state index contributed by atoms with van der Waals surface area (Å²) in [5.74, 6) is 1.50. The molecule has 1 heterocycles. The molecule has 27 heavy (non-hydrogen) atoms. The number of piperazine rings is 1. The highest BCUT2D eigenvalue weighted by atomic mass is 16.2. The molecular weight excluding hydrogens is 338 g/mol. The molecule has 0 aromatic heterocycles. The van der Waals surface area contributed by atoms with E-state index in [2.05, 4.69) is 10.2 Å². The van der Waals surface area contributed by atoms with Gasteiger partial charge in [-0.05, 0) is 49.7 Å². The number of amides is 2.